The van der Waals surface area contributed by atoms with Gasteiger partial charge in [-0.25, -0.2) is 0 Å². The highest BCUT2D eigenvalue weighted by molar-refractivity contribution is 5.78. The van der Waals surface area contributed by atoms with E-state index in [-0.39, 0.29) is 11.9 Å². The minimum Gasteiger partial charge on any atom is -0.465 e. The van der Waals surface area contributed by atoms with E-state index in [4.69, 9.17) is 4.42 Å². The van der Waals surface area contributed by atoms with Crippen LogP contribution in [0.2, 0.25) is 0 Å². The van der Waals surface area contributed by atoms with Gasteiger partial charge in [0, 0.05) is 0 Å². The third-order valence-electron chi connectivity index (χ3n) is 4.34. The van der Waals surface area contributed by atoms with Crippen molar-refractivity contribution in [2.45, 2.75) is 38.8 Å². The van der Waals surface area contributed by atoms with Crippen molar-refractivity contribution >= 4 is 5.91 Å². The molecule has 0 saturated heterocycles. The number of likely N-dealkylation sites (N-methyl/N-ethyl adjacent to an activating group) is 1. The van der Waals surface area contributed by atoms with Gasteiger partial charge in [0.25, 0.3) is 0 Å². The van der Waals surface area contributed by atoms with Gasteiger partial charge in [-0.1, -0.05) is 24.3 Å². The zero-order valence-corrected chi connectivity index (χ0v) is 13.8. The zero-order valence-electron chi connectivity index (χ0n) is 13.8. The molecule has 3 rings (SSSR count). The second-order valence-electron chi connectivity index (χ2n) is 6.40. The van der Waals surface area contributed by atoms with Crippen LogP contribution in [0.3, 0.4) is 0 Å². The van der Waals surface area contributed by atoms with Crippen LogP contribution in [0.5, 0.6) is 0 Å². The van der Waals surface area contributed by atoms with E-state index < -0.39 is 0 Å². The average Bonchev–Trinajstić information content (AvgIpc) is 2.92. The number of amides is 1. The van der Waals surface area contributed by atoms with E-state index in [0.29, 0.717) is 13.1 Å². The van der Waals surface area contributed by atoms with Crippen LogP contribution in [0.1, 0.15) is 41.5 Å². The van der Waals surface area contributed by atoms with Crippen molar-refractivity contribution in [1.29, 1.82) is 0 Å². The van der Waals surface area contributed by atoms with E-state index in [1.165, 1.54) is 11.1 Å². The molecule has 4 nitrogen and oxygen atoms in total. The van der Waals surface area contributed by atoms with Crippen molar-refractivity contribution in [3.8, 4) is 0 Å². The smallest absolute Gasteiger partial charge is 0.234 e. The van der Waals surface area contributed by atoms with E-state index in [2.05, 4.69) is 29.6 Å². The molecule has 0 saturated carbocycles. The van der Waals surface area contributed by atoms with Gasteiger partial charge in [0.2, 0.25) is 5.91 Å². The molecule has 1 aliphatic carbocycles. The third-order valence-corrected chi connectivity index (χ3v) is 4.34. The molecule has 0 unspecified atom stereocenters. The number of hydrogen-bond acceptors (Lipinski definition) is 3. The maximum atomic E-state index is 12.3. The fourth-order valence-electron chi connectivity index (χ4n) is 3.28. The highest BCUT2D eigenvalue weighted by Crippen LogP contribution is 2.29. The first kappa shape index (κ1) is 15.8. The van der Waals surface area contributed by atoms with Crippen LogP contribution in [-0.4, -0.2) is 24.4 Å². The lowest BCUT2D eigenvalue weighted by Gasteiger charge is -2.27. The lowest BCUT2D eigenvalue weighted by Crippen LogP contribution is -2.38. The van der Waals surface area contributed by atoms with Crippen LogP contribution < -0.4 is 5.32 Å². The number of furan rings is 1. The molecule has 0 fully saturated rings. The standard InChI is InChI=1S/C19H24N2O2/c1-14-10-11-16(23-14)12-21(2)13-19(22)20-18-9-5-7-15-6-3-4-8-17(15)18/h3-4,6,8,10-11,18H,5,7,9,12-13H2,1-2H3,(H,20,22)/t18-/m1/s1. The molecule has 1 aliphatic rings. The number of hydrogen-bond donors (Lipinski definition) is 1. The van der Waals surface area contributed by atoms with E-state index in [1.807, 2.05) is 31.0 Å². The predicted octanol–water partition coefficient (Wildman–Crippen LogP) is 3.21. The van der Waals surface area contributed by atoms with Crippen LogP contribution in [0.25, 0.3) is 0 Å². The van der Waals surface area contributed by atoms with Crippen LogP contribution in [0.4, 0.5) is 0 Å². The second-order valence-corrected chi connectivity index (χ2v) is 6.40. The number of carbonyl (C=O) groups is 1. The lowest BCUT2D eigenvalue weighted by molar-refractivity contribution is -0.122. The second kappa shape index (κ2) is 7.01. The number of carbonyl (C=O) groups excluding carboxylic acids is 1. The van der Waals surface area contributed by atoms with Crippen molar-refractivity contribution in [3.05, 3.63) is 59.0 Å². The van der Waals surface area contributed by atoms with Crippen molar-refractivity contribution < 1.29 is 9.21 Å². The maximum Gasteiger partial charge on any atom is 0.234 e. The molecular formula is C19H24N2O2. The number of fused-ring (bicyclic) bond motifs is 1. The Hall–Kier alpha value is -2.07. The average molecular weight is 312 g/mol. The Balaban J connectivity index is 1.55. The Morgan fingerprint density at radius 3 is 2.91 bits per heavy atom. The highest BCUT2D eigenvalue weighted by atomic mass is 16.3. The van der Waals surface area contributed by atoms with Crippen molar-refractivity contribution in [2.24, 2.45) is 0 Å². The molecule has 4 heteroatoms. The minimum atomic E-state index is 0.0671. The Bertz CT molecular complexity index is 678. The Morgan fingerprint density at radius 2 is 2.13 bits per heavy atom. The molecule has 122 valence electrons. The largest absolute Gasteiger partial charge is 0.465 e. The summed E-state index contributed by atoms with van der Waals surface area (Å²) in [6, 6.07) is 12.5. The first-order valence-corrected chi connectivity index (χ1v) is 8.23. The topological polar surface area (TPSA) is 45.5 Å². The molecule has 0 bridgehead atoms. The van der Waals surface area contributed by atoms with Gasteiger partial charge < -0.3 is 9.73 Å². The van der Waals surface area contributed by atoms with E-state index in [1.54, 1.807) is 0 Å². The van der Waals surface area contributed by atoms with Crippen LogP contribution in [0, 0.1) is 6.92 Å². The molecule has 2 aromatic rings. The molecule has 0 aliphatic heterocycles. The number of rotatable bonds is 5. The van der Waals surface area contributed by atoms with Gasteiger partial charge in [0.1, 0.15) is 11.5 Å². The maximum absolute atomic E-state index is 12.3. The molecule has 1 heterocycles. The van der Waals surface area contributed by atoms with E-state index >= 15 is 0 Å². The monoisotopic (exact) mass is 312 g/mol. The SMILES string of the molecule is Cc1ccc(CN(C)CC(=O)N[C@@H]2CCCc3ccccc32)o1. The van der Waals surface area contributed by atoms with Gasteiger partial charge in [-0.2, -0.15) is 0 Å². The summed E-state index contributed by atoms with van der Waals surface area (Å²) in [5, 5.41) is 3.19. The molecule has 1 amide bonds. The Kier molecular flexibility index (Phi) is 4.82. The Morgan fingerprint density at radius 1 is 1.30 bits per heavy atom. The summed E-state index contributed by atoms with van der Waals surface area (Å²) in [7, 11) is 1.94. The van der Waals surface area contributed by atoms with Gasteiger partial charge in [0.05, 0.1) is 19.1 Å². The van der Waals surface area contributed by atoms with Gasteiger partial charge >= 0.3 is 0 Å². The summed E-state index contributed by atoms with van der Waals surface area (Å²) in [6.07, 6.45) is 3.26. The molecule has 0 spiro atoms. The molecule has 1 aromatic heterocycles. The van der Waals surface area contributed by atoms with Crippen molar-refractivity contribution in [1.82, 2.24) is 10.2 Å². The summed E-state index contributed by atoms with van der Waals surface area (Å²) in [5.74, 6) is 1.86. The van der Waals surface area contributed by atoms with E-state index in [9.17, 15) is 4.79 Å². The van der Waals surface area contributed by atoms with Crippen LogP contribution >= 0.6 is 0 Å². The molecule has 1 atom stereocenters. The number of nitrogens with zero attached hydrogens (tertiary/aromatic N) is 1. The fourth-order valence-corrected chi connectivity index (χ4v) is 3.28. The fraction of sp³-hybridized carbons (Fsp3) is 0.421. The van der Waals surface area contributed by atoms with Gasteiger partial charge in [-0.15, -0.1) is 0 Å². The summed E-state index contributed by atoms with van der Waals surface area (Å²) in [6.45, 7) is 2.94. The quantitative estimate of drug-likeness (QED) is 0.922. The normalized spacial score (nSPS) is 17.1. The minimum absolute atomic E-state index is 0.0671. The molecule has 1 aromatic carbocycles. The van der Waals surface area contributed by atoms with Crippen molar-refractivity contribution in [3.63, 3.8) is 0 Å². The molecular weight excluding hydrogens is 288 g/mol. The molecule has 23 heavy (non-hydrogen) atoms. The van der Waals surface area contributed by atoms with E-state index in [0.717, 1.165) is 30.8 Å². The summed E-state index contributed by atoms with van der Waals surface area (Å²) < 4.78 is 5.56. The number of benzene rings is 1. The zero-order chi connectivity index (χ0) is 16.2. The molecule has 0 radical (unpaired) electrons. The lowest BCUT2D eigenvalue weighted by atomic mass is 9.88. The highest BCUT2D eigenvalue weighted by Gasteiger charge is 2.21. The predicted molar refractivity (Wildman–Crippen MR) is 90.0 cm³/mol. The number of nitrogens with one attached hydrogen (secondary N) is 1. The Labute approximate surface area is 137 Å². The van der Waals surface area contributed by atoms with Crippen LogP contribution in [0.15, 0.2) is 40.8 Å². The van der Waals surface area contributed by atoms with Crippen LogP contribution in [-0.2, 0) is 17.8 Å². The van der Waals surface area contributed by atoms with Gasteiger partial charge in [-0.05, 0) is 56.5 Å². The molecule has 1 N–H and O–H groups in total. The third kappa shape index (κ3) is 4.02. The summed E-state index contributed by atoms with van der Waals surface area (Å²) in [4.78, 5) is 14.3. The van der Waals surface area contributed by atoms with Gasteiger partial charge in [-0.3, -0.25) is 9.69 Å². The number of aryl methyl sites for hydroxylation is 2. The summed E-state index contributed by atoms with van der Waals surface area (Å²) >= 11 is 0. The summed E-state index contributed by atoms with van der Waals surface area (Å²) in [5.41, 5.74) is 2.64. The van der Waals surface area contributed by atoms with Gasteiger partial charge in [0.15, 0.2) is 0 Å². The first-order chi connectivity index (χ1) is 11.1. The first-order valence-electron chi connectivity index (χ1n) is 8.23. The van der Waals surface area contributed by atoms with Crippen molar-refractivity contribution in [2.75, 3.05) is 13.6 Å².